The number of carbonyl (C=O) groups is 1. The van der Waals surface area contributed by atoms with Gasteiger partial charge in [-0.1, -0.05) is 50.2 Å². The van der Waals surface area contributed by atoms with Crippen molar-refractivity contribution in [3.63, 3.8) is 0 Å². The third-order valence-electron chi connectivity index (χ3n) is 3.25. The van der Waals surface area contributed by atoms with E-state index in [1.807, 2.05) is 69.3 Å². The molecule has 0 radical (unpaired) electrons. The number of benzene rings is 2. The first-order valence-corrected chi connectivity index (χ1v) is 6.89. The molecule has 0 spiro atoms. The van der Waals surface area contributed by atoms with Crippen molar-refractivity contribution < 1.29 is 9.53 Å². The summed E-state index contributed by atoms with van der Waals surface area (Å²) in [5, 5.41) is 0. The second kappa shape index (κ2) is 6.38. The normalized spacial score (nSPS) is 10.6. The Morgan fingerprint density at radius 3 is 2.45 bits per heavy atom. The third-order valence-corrected chi connectivity index (χ3v) is 3.25. The molecule has 0 aliphatic carbocycles. The number of ketones is 1. The van der Waals surface area contributed by atoms with Gasteiger partial charge < -0.3 is 4.74 Å². The molecule has 104 valence electrons. The molecule has 0 aliphatic rings. The Balaban J connectivity index is 2.13. The molecule has 2 aromatic carbocycles. The predicted molar refractivity (Wildman–Crippen MR) is 81.1 cm³/mol. The smallest absolute Gasteiger partial charge is 0.165 e. The van der Waals surface area contributed by atoms with E-state index in [0.29, 0.717) is 6.61 Å². The van der Waals surface area contributed by atoms with Crippen molar-refractivity contribution in [2.45, 2.75) is 27.4 Å². The molecule has 0 heterocycles. The Hall–Kier alpha value is -2.09. The van der Waals surface area contributed by atoms with Gasteiger partial charge in [0.1, 0.15) is 12.4 Å². The number of hydrogen-bond donors (Lipinski definition) is 0. The summed E-state index contributed by atoms with van der Waals surface area (Å²) >= 11 is 0. The standard InChI is InChI=1S/C18H20O2/c1-13(2)18(19)17-11-16(10-9-14(17)3)20-12-15-7-5-4-6-8-15/h4-11,13H,12H2,1-3H3. The second-order valence-corrected chi connectivity index (χ2v) is 5.27. The quantitative estimate of drug-likeness (QED) is 0.751. The van der Waals surface area contributed by atoms with Gasteiger partial charge in [-0.3, -0.25) is 4.79 Å². The second-order valence-electron chi connectivity index (χ2n) is 5.27. The van der Waals surface area contributed by atoms with Gasteiger partial charge in [0.15, 0.2) is 5.78 Å². The molecule has 0 unspecified atom stereocenters. The van der Waals surface area contributed by atoms with Gasteiger partial charge in [-0.15, -0.1) is 0 Å². The third kappa shape index (κ3) is 3.47. The molecule has 2 rings (SSSR count). The summed E-state index contributed by atoms with van der Waals surface area (Å²) in [5.41, 5.74) is 2.87. The monoisotopic (exact) mass is 268 g/mol. The predicted octanol–water partition coefficient (Wildman–Crippen LogP) is 4.41. The molecule has 0 N–H and O–H groups in total. The van der Waals surface area contributed by atoms with E-state index >= 15 is 0 Å². The van der Waals surface area contributed by atoms with Gasteiger partial charge in [-0.25, -0.2) is 0 Å². The van der Waals surface area contributed by atoms with Crippen LogP contribution in [0.1, 0.15) is 35.3 Å². The van der Waals surface area contributed by atoms with Crippen molar-refractivity contribution >= 4 is 5.78 Å². The lowest BCUT2D eigenvalue weighted by molar-refractivity contribution is 0.0938. The maximum absolute atomic E-state index is 12.1. The Morgan fingerprint density at radius 1 is 1.10 bits per heavy atom. The number of hydrogen-bond acceptors (Lipinski definition) is 2. The molecule has 0 atom stereocenters. The summed E-state index contributed by atoms with van der Waals surface area (Å²) in [6, 6.07) is 15.7. The van der Waals surface area contributed by atoms with Crippen LogP contribution >= 0.6 is 0 Å². The Labute approximate surface area is 120 Å². The largest absolute Gasteiger partial charge is 0.489 e. The molecule has 2 heteroatoms. The number of rotatable bonds is 5. The highest BCUT2D eigenvalue weighted by Gasteiger charge is 2.13. The van der Waals surface area contributed by atoms with Crippen LogP contribution in [0.25, 0.3) is 0 Å². The van der Waals surface area contributed by atoms with Gasteiger partial charge in [-0.2, -0.15) is 0 Å². The van der Waals surface area contributed by atoms with Crippen molar-refractivity contribution in [1.82, 2.24) is 0 Å². The zero-order valence-corrected chi connectivity index (χ0v) is 12.2. The molecular weight excluding hydrogens is 248 g/mol. The average molecular weight is 268 g/mol. The highest BCUT2D eigenvalue weighted by Crippen LogP contribution is 2.21. The molecule has 0 aliphatic heterocycles. The number of aryl methyl sites for hydroxylation is 1. The van der Waals surface area contributed by atoms with Crippen molar-refractivity contribution in [3.8, 4) is 5.75 Å². The van der Waals surface area contributed by atoms with Gasteiger partial charge in [0, 0.05) is 11.5 Å². The minimum atomic E-state index is -0.00178. The van der Waals surface area contributed by atoms with Crippen LogP contribution in [0, 0.1) is 12.8 Å². The molecular formula is C18H20O2. The van der Waals surface area contributed by atoms with Crippen molar-refractivity contribution in [2.75, 3.05) is 0 Å². The van der Waals surface area contributed by atoms with E-state index < -0.39 is 0 Å². The topological polar surface area (TPSA) is 26.3 Å². The Kier molecular flexibility index (Phi) is 4.57. The van der Waals surface area contributed by atoms with Crippen LogP contribution < -0.4 is 4.74 Å². The molecule has 0 saturated heterocycles. The summed E-state index contributed by atoms with van der Waals surface area (Å²) in [7, 11) is 0. The van der Waals surface area contributed by atoms with Crippen LogP contribution in [0.3, 0.4) is 0 Å². The van der Waals surface area contributed by atoms with E-state index in [0.717, 1.165) is 22.4 Å². The van der Waals surface area contributed by atoms with Crippen LogP contribution in [-0.2, 0) is 6.61 Å². The molecule has 2 nitrogen and oxygen atoms in total. The summed E-state index contributed by atoms with van der Waals surface area (Å²) in [4.78, 5) is 12.1. The van der Waals surface area contributed by atoms with Crippen LogP contribution in [0.5, 0.6) is 5.75 Å². The molecule has 0 amide bonds. The molecule has 20 heavy (non-hydrogen) atoms. The van der Waals surface area contributed by atoms with E-state index in [1.54, 1.807) is 0 Å². The molecule has 2 aromatic rings. The van der Waals surface area contributed by atoms with Gasteiger partial charge >= 0.3 is 0 Å². The van der Waals surface area contributed by atoms with E-state index in [4.69, 9.17) is 4.74 Å². The van der Waals surface area contributed by atoms with E-state index in [2.05, 4.69) is 0 Å². The fourth-order valence-corrected chi connectivity index (χ4v) is 2.01. The Bertz CT molecular complexity index is 586. The number of Topliss-reactive ketones (excluding diaryl/α,β-unsaturated/α-hetero) is 1. The first-order valence-electron chi connectivity index (χ1n) is 6.89. The van der Waals surface area contributed by atoms with Gasteiger partial charge in [-0.05, 0) is 30.2 Å². The minimum absolute atomic E-state index is 0.00178. The van der Waals surface area contributed by atoms with E-state index in [9.17, 15) is 4.79 Å². The lowest BCUT2D eigenvalue weighted by Crippen LogP contribution is -2.09. The SMILES string of the molecule is Cc1ccc(OCc2ccccc2)cc1C(=O)C(C)C. The summed E-state index contributed by atoms with van der Waals surface area (Å²) < 4.78 is 5.77. The molecule has 0 bridgehead atoms. The van der Waals surface area contributed by atoms with Crippen LogP contribution in [0.2, 0.25) is 0 Å². The minimum Gasteiger partial charge on any atom is -0.489 e. The summed E-state index contributed by atoms with van der Waals surface area (Å²) in [5.74, 6) is 0.897. The lowest BCUT2D eigenvalue weighted by Gasteiger charge is -2.11. The fourth-order valence-electron chi connectivity index (χ4n) is 2.01. The van der Waals surface area contributed by atoms with Crippen LogP contribution in [0.4, 0.5) is 0 Å². The zero-order chi connectivity index (χ0) is 14.5. The highest BCUT2D eigenvalue weighted by atomic mass is 16.5. The van der Waals surface area contributed by atoms with Crippen LogP contribution in [-0.4, -0.2) is 5.78 Å². The van der Waals surface area contributed by atoms with Crippen molar-refractivity contribution in [1.29, 1.82) is 0 Å². The number of carbonyl (C=O) groups excluding carboxylic acids is 1. The lowest BCUT2D eigenvalue weighted by atomic mass is 9.97. The van der Waals surface area contributed by atoms with Gasteiger partial charge in [0.2, 0.25) is 0 Å². The number of ether oxygens (including phenoxy) is 1. The first kappa shape index (κ1) is 14.3. The molecule has 0 aromatic heterocycles. The van der Waals surface area contributed by atoms with Crippen molar-refractivity contribution in [2.24, 2.45) is 5.92 Å². The maximum atomic E-state index is 12.1. The fraction of sp³-hybridized carbons (Fsp3) is 0.278. The highest BCUT2D eigenvalue weighted by molar-refractivity contribution is 5.99. The van der Waals surface area contributed by atoms with Crippen molar-refractivity contribution in [3.05, 3.63) is 65.2 Å². The Morgan fingerprint density at radius 2 is 1.80 bits per heavy atom. The van der Waals surface area contributed by atoms with Gasteiger partial charge in [0.25, 0.3) is 0 Å². The first-order chi connectivity index (χ1) is 9.58. The maximum Gasteiger partial charge on any atom is 0.165 e. The van der Waals surface area contributed by atoms with E-state index in [-0.39, 0.29) is 11.7 Å². The van der Waals surface area contributed by atoms with Gasteiger partial charge in [0.05, 0.1) is 0 Å². The van der Waals surface area contributed by atoms with Crippen LogP contribution in [0.15, 0.2) is 48.5 Å². The van der Waals surface area contributed by atoms with E-state index in [1.165, 1.54) is 0 Å². The molecule has 0 saturated carbocycles. The average Bonchev–Trinajstić information content (AvgIpc) is 2.46. The molecule has 0 fully saturated rings. The summed E-state index contributed by atoms with van der Waals surface area (Å²) in [6.07, 6.45) is 0. The summed E-state index contributed by atoms with van der Waals surface area (Å²) in [6.45, 7) is 6.30. The zero-order valence-electron chi connectivity index (χ0n) is 12.2.